The number of hydrogen-bond donors (Lipinski definition) is 0. The lowest BCUT2D eigenvalue weighted by molar-refractivity contribution is -0.133. The third kappa shape index (κ3) is 4.06. The van der Waals surface area contributed by atoms with Gasteiger partial charge in [-0.2, -0.15) is 0 Å². The summed E-state index contributed by atoms with van der Waals surface area (Å²) in [4.78, 5) is 45.7. The summed E-state index contributed by atoms with van der Waals surface area (Å²) in [6.07, 6.45) is 5.25. The zero-order chi connectivity index (χ0) is 21.3. The van der Waals surface area contributed by atoms with Crippen molar-refractivity contribution in [3.05, 3.63) is 27.2 Å². The number of carbonyl (C=O) groups is 1. The fraction of sp³-hybridized carbons (Fsp3) is 0.700. The van der Waals surface area contributed by atoms with E-state index >= 15 is 0 Å². The minimum absolute atomic E-state index is 0.150. The van der Waals surface area contributed by atoms with Crippen LogP contribution in [0.3, 0.4) is 0 Å². The van der Waals surface area contributed by atoms with E-state index in [1.165, 1.54) is 11.6 Å². The molecule has 0 saturated carbocycles. The summed E-state index contributed by atoms with van der Waals surface area (Å²) in [5.41, 5.74) is 0.0115. The van der Waals surface area contributed by atoms with Crippen LogP contribution >= 0.6 is 0 Å². The van der Waals surface area contributed by atoms with Crippen LogP contribution in [-0.2, 0) is 30.2 Å². The highest BCUT2D eigenvalue weighted by Gasteiger charge is 2.24. The molecule has 10 heteroatoms. The third-order valence-corrected chi connectivity index (χ3v) is 6.22. The van der Waals surface area contributed by atoms with Crippen LogP contribution in [0.1, 0.15) is 25.7 Å². The SMILES string of the molecule is Cn1c(=O)c2c(ncn2CCCC(=O)N2CCN(CC3CCCO3)CC2)n(C)c1=O. The topological polar surface area (TPSA) is 94.6 Å². The molecule has 2 aromatic heterocycles. The number of fused-ring (bicyclic) bond motifs is 1. The zero-order valence-electron chi connectivity index (χ0n) is 17.7. The van der Waals surface area contributed by atoms with E-state index in [0.29, 0.717) is 36.7 Å². The Morgan fingerprint density at radius 1 is 1.17 bits per heavy atom. The van der Waals surface area contributed by atoms with Crippen molar-refractivity contribution in [1.29, 1.82) is 0 Å². The van der Waals surface area contributed by atoms with Crippen molar-refractivity contribution in [2.75, 3.05) is 39.3 Å². The van der Waals surface area contributed by atoms with Gasteiger partial charge in [-0.3, -0.25) is 23.6 Å². The lowest BCUT2D eigenvalue weighted by Gasteiger charge is -2.35. The predicted molar refractivity (Wildman–Crippen MR) is 111 cm³/mol. The van der Waals surface area contributed by atoms with Crippen LogP contribution in [0.5, 0.6) is 0 Å². The van der Waals surface area contributed by atoms with Gasteiger partial charge in [0.2, 0.25) is 5.91 Å². The minimum Gasteiger partial charge on any atom is -0.377 e. The van der Waals surface area contributed by atoms with Crippen LogP contribution in [-0.4, -0.2) is 79.8 Å². The summed E-state index contributed by atoms with van der Waals surface area (Å²) in [5.74, 6) is 0.150. The molecule has 1 atom stereocenters. The Bertz CT molecular complexity index is 1020. The number of carbonyl (C=O) groups excluding carboxylic acids is 1. The first kappa shape index (κ1) is 20.8. The summed E-state index contributed by atoms with van der Waals surface area (Å²) in [6.45, 7) is 5.63. The molecule has 1 unspecified atom stereocenters. The van der Waals surface area contributed by atoms with Gasteiger partial charge in [0.15, 0.2) is 11.2 Å². The Labute approximate surface area is 174 Å². The average molecular weight is 418 g/mol. The molecule has 10 nitrogen and oxygen atoms in total. The van der Waals surface area contributed by atoms with Crippen molar-refractivity contribution < 1.29 is 9.53 Å². The summed E-state index contributed by atoms with van der Waals surface area (Å²) in [7, 11) is 3.06. The van der Waals surface area contributed by atoms with Gasteiger partial charge in [-0.15, -0.1) is 0 Å². The Morgan fingerprint density at radius 3 is 2.63 bits per heavy atom. The van der Waals surface area contributed by atoms with Gasteiger partial charge in [0, 0.05) is 66.4 Å². The second kappa shape index (κ2) is 8.73. The first-order chi connectivity index (χ1) is 14.5. The highest BCUT2D eigenvalue weighted by molar-refractivity contribution is 5.76. The molecule has 4 rings (SSSR count). The monoisotopic (exact) mass is 418 g/mol. The standard InChI is InChI=1S/C20H30N6O4/c1-22-18-17(19(28)23(2)20(22)29)26(14-21-18)7-3-6-16(27)25-10-8-24(9-11-25)13-15-5-4-12-30-15/h14-15H,3-13H2,1-2H3. The van der Waals surface area contributed by atoms with Crippen molar-refractivity contribution in [2.45, 2.75) is 38.3 Å². The lowest BCUT2D eigenvalue weighted by Crippen LogP contribution is -2.50. The predicted octanol–water partition coefficient (Wildman–Crippen LogP) is -0.463. The molecule has 0 bridgehead atoms. The van der Waals surface area contributed by atoms with E-state index in [9.17, 15) is 14.4 Å². The Hall–Kier alpha value is -2.46. The Morgan fingerprint density at radius 2 is 1.93 bits per heavy atom. The molecule has 0 radical (unpaired) electrons. The first-order valence-corrected chi connectivity index (χ1v) is 10.7. The first-order valence-electron chi connectivity index (χ1n) is 10.7. The van der Waals surface area contributed by atoms with E-state index in [-0.39, 0.29) is 11.5 Å². The number of imidazole rings is 1. The number of ether oxygens (including phenoxy) is 1. The molecule has 2 aromatic rings. The maximum Gasteiger partial charge on any atom is 0.332 e. The highest BCUT2D eigenvalue weighted by atomic mass is 16.5. The summed E-state index contributed by atoms with van der Waals surface area (Å²) < 4.78 is 9.90. The quantitative estimate of drug-likeness (QED) is 0.630. The Kier molecular flexibility index (Phi) is 6.05. The van der Waals surface area contributed by atoms with Gasteiger partial charge in [0.05, 0.1) is 12.4 Å². The molecular formula is C20H30N6O4. The van der Waals surface area contributed by atoms with E-state index in [1.807, 2.05) is 4.90 Å². The molecule has 0 aliphatic carbocycles. The van der Waals surface area contributed by atoms with E-state index in [0.717, 1.165) is 56.7 Å². The van der Waals surface area contributed by atoms with Gasteiger partial charge < -0.3 is 14.2 Å². The van der Waals surface area contributed by atoms with Gasteiger partial charge in [0.25, 0.3) is 5.56 Å². The van der Waals surface area contributed by atoms with Gasteiger partial charge in [0.1, 0.15) is 0 Å². The van der Waals surface area contributed by atoms with Crippen molar-refractivity contribution in [3.63, 3.8) is 0 Å². The van der Waals surface area contributed by atoms with Crippen LogP contribution in [0, 0.1) is 0 Å². The van der Waals surface area contributed by atoms with Gasteiger partial charge in [-0.05, 0) is 19.3 Å². The average Bonchev–Trinajstić information content (AvgIpc) is 3.41. The fourth-order valence-electron chi connectivity index (χ4n) is 4.38. The second-order valence-electron chi connectivity index (χ2n) is 8.24. The highest BCUT2D eigenvalue weighted by Crippen LogP contribution is 2.15. The van der Waals surface area contributed by atoms with E-state index < -0.39 is 5.69 Å². The molecule has 4 heterocycles. The summed E-state index contributed by atoms with van der Waals surface area (Å²) >= 11 is 0. The number of hydrogen-bond acceptors (Lipinski definition) is 6. The molecule has 0 N–H and O–H groups in total. The number of aromatic nitrogens is 4. The van der Waals surface area contributed by atoms with Crippen molar-refractivity contribution in [2.24, 2.45) is 14.1 Å². The van der Waals surface area contributed by atoms with Crippen LogP contribution in [0.4, 0.5) is 0 Å². The molecule has 164 valence electrons. The fourth-order valence-corrected chi connectivity index (χ4v) is 4.38. The normalized spacial score (nSPS) is 20.3. The molecule has 0 aromatic carbocycles. The largest absolute Gasteiger partial charge is 0.377 e. The molecule has 2 saturated heterocycles. The van der Waals surface area contributed by atoms with E-state index in [1.54, 1.807) is 17.9 Å². The maximum atomic E-state index is 12.6. The molecule has 30 heavy (non-hydrogen) atoms. The number of nitrogens with zero attached hydrogens (tertiary/aromatic N) is 6. The maximum absolute atomic E-state index is 12.6. The minimum atomic E-state index is -0.397. The summed E-state index contributed by atoms with van der Waals surface area (Å²) in [5, 5.41) is 0. The second-order valence-corrected chi connectivity index (χ2v) is 8.24. The smallest absolute Gasteiger partial charge is 0.332 e. The van der Waals surface area contributed by atoms with Crippen LogP contribution < -0.4 is 11.2 Å². The zero-order valence-corrected chi connectivity index (χ0v) is 17.7. The number of amides is 1. The van der Waals surface area contributed by atoms with Crippen LogP contribution in [0.25, 0.3) is 11.2 Å². The molecule has 0 spiro atoms. The summed E-state index contributed by atoms with van der Waals surface area (Å²) in [6, 6.07) is 0. The Balaban J connectivity index is 1.29. The van der Waals surface area contributed by atoms with Crippen molar-refractivity contribution in [1.82, 2.24) is 28.5 Å². The van der Waals surface area contributed by atoms with E-state index in [2.05, 4.69) is 9.88 Å². The lowest BCUT2D eigenvalue weighted by atomic mass is 10.2. The molecular weight excluding hydrogens is 388 g/mol. The van der Waals surface area contributed by atoms with E-state index in [4.69, 9.17) is 4.74 Å². The molecule has 1 amide bonds. The third-order valence-electron chi connectivity index (χ3n) is 6.22. The number of rotatable bonds is 6. The van der Waals surface area contributed by atoms with Crippen LogP contribution in [0.15, 0.2) is 15.9 Å². The van der Waals surface area contributed by atoms with Crippen LogP contribution in [0.2, 0.25) is 0 Å². The molecule has 2 fully saturated rings. The van der Waals surface area contributed by atoms with Gasteiger partial charge in [-0.25, -0.2) is 9.78 Å². The van der Waals surface area contributed by atoms with Gasteiger partial charge in [-0.1, -0.05) is 0 Å². The van der Waals surface area contributed by atoms with Crippen molar-refractivity contribution >= 4 is 17.1 Å². The van der Waals surface area contributed by atoms with Gasteiger partial charge >= 0.3 is 5.69 Å². The number of piperazine rings is 1. The number of aryl methyl sites for hydroxylation is 2. The molecule has 2 aliphatic heterocycles. The molecule has 2 aliphatic rings. The van der Waals surface area contributed by atoms with Crippen molar-refractivity contribution in [3.8, 4) is 0 Å².